The first kappa shape index (κ1) is 7.91. The molecule has 11 heavy (non-hydrogen) atoms. The van der Waals surface area contributed by atoms with Crippen molar-refractivity contribution in [1.29, 1.82) is 0 Å². The molecule has 0 spiro atoms. The quantitative estimate of drug-likeness (QED) is 0.460. The predicted molar refractivity (Wildman–Crippen MR) is 42.2 cm³/mol. The summed E-state index contributed by atoms with van der Waals surface area (Å²) in [4.78, 5) is 3.97. The zero-order chi connectivity index (χ0) is 8.10. The molecule has 62 valence electrons. The van der Waals surface area contributed by atoms with Gasteiger partial charge in [0.15, 0.2) is 5.76 Å². The van der Waals surface area contributed by atoms with Crippen LogP contribution in [0, 0.1) is 0 Å². The van der Waals surface area contributed by atoms with E-state index < -0.39 is 0 Å². The molecule has 1 rings (SSSR count). The van der Waals surface area contributed by atoms with Crippen LogP contribution in [0.3, 0.4) is 0 Å². The molecule has 1 aliphatic rings. The minimum absolute atomic E-state index is 0.475. The van der Waals surface area contributed by atoms with Crippen LogP contribution in [0.4, 0.5) is 0 Å². The highest BCUT2D eigenvalue weighted by Gasteiger charge is 2.02. The van der Waals surface area contributed by atoms with Crippen LogP contribution in [0.15, 0.2) is 17.0 Å². The standard InChI is InChI=1S/C7H12N2O2/c1-6(8)9-4-7-5-10-2-3-11-7/h5H,2-4H2,1H3,(H2,8,9). The second kappa shape index (κ2) is 3.85. The predicted octanol–water partition coefficient (Wildman–Crippen LogP) is 0.252. The average Bonchev–Trinajstić information content (AvgIpc) is 2.03. The number of rotatable bonds is 2. The third kappa shape index (κ3) is 2.93. The second-order valence-electron chi connectivity index (χ2n) is 2.26. The number of nitrogens with two attached hydrogens (primary N) is 1. The molecule has 4 heteroatoms. The lowest BCUT2D eigenvalue weighted by atomic mass is 10.5. The Kier molecular flexibility index (Phi) is 2.77. The zero-order valence-electron chi connectivity index (χ0n) is 6.54. The average molecular weight is 156 g/mol. The topological polar surface area (TPSA) is 56.8 Å². The smallest absolute Gasteiger partial charge is 0.152 e. The van der Waals surface area contributed by atoms with Gasteiger partial charge < -0.3 is 15.2 Å². The summed E-state index contributed by atoms with van der Waals surface area (Å²) in [6.45, 7) is 3.44. The van der Waals surface area contributed by atoms with Crippen LogP contribution >= 0.6 is 0 Å². The van der Waals surface area contributed by atoms with Crippen molar-refractivity contribution in [3.05, 3.63) is 12.0 Å². The summed E-state index contributed by atoms with van der Waals surface area (Å²) < 4.78 is 10.2. The molecule has 4 nitrogen and oxygen atoms in total. The molecule has 0 aromatic rings. The van der Waals surface area contributed by atoms with Crippen molar-refractivity contribution < 1.29 is 9.47 Å². The van der Waals surface area contributed by atoms with E-state index in [-0.39, 0.29) is 0 Å². The van der Waals surface area contributed by atoms with Gasteiger partial charge in [-0.25, -0.2) is 0 Å². The molecule has 0 radical (unpaired) electrons. The maximum Gasteiger partial charge on any atom is 0.152 e. The van der Waals surface area contributed by atoms with E-state index in [1.54, 1.807) is 13.2 Å². The molecule has 1 aliphatic heterocycles. The first-order valence-corrected chi connectivity index (χ1v) is 3.49. The highest BCUT2D eigenvalue weighted by atomic mass is 16.6. The second-order valence-corrected chi connectivity index (χ2v) is 2.26. The fourth-order valence-electron chi connectivity index (χ4n) is 0.692. The first-order valence-electron chi connectivity index (χ1n) is 3.49. The first-order chi connectivity index (χ1) is 5.29. The lowest BCUT2D eigenvalue weighted by Crippen LogP contribution is -2.12. The van der Waals surface area contributed by atoms with Crippen molar-refractivity contribution in [1.82, 2.24) is 0 Å². The maximum atomic E-state index is 5.34. The van der Waals surface area contributed by atoms with Gasteiger partial charge in [0.1, 0.15) is 26.0 Å². The molecule has 0 atom stereocenters. The Morgan fingerprint density at radius 1 is 1.73 bits per heavy atom. The lowest BCUT2D eigenvalue weighted by molar-refractivity contribution is 0.0834. The molecule has 0 unspecified atom stereocenters. The van der Waals surface area contributed by atoms with E-state index in [0.717, 1.165) is 5.76 Å². The van der Waals surface area contributed by atoms with E-state index in [9.17, 15) is 0 Å². The number of aliphatic imine (C=N–C) groups is 1. The summed E-state index contributed by atoms with van der Waals surface area (Å²) in [6, 6.07) is 0. The molecule has 0 fully saturated rings. The van der Waals surface area contributed by atoms with Gasteiger partial charge in [0.2, 0.25) is 0 Å². The SMILES string of the molecule is CC(N)=NCC1=COCCO1. The summed E-state index contributed by atoms with van der Waals surface area (Å²) in [5.74, 6) is 1.29. The van der Waals surface area contributed by atoms with E-state index in [1.165, 1.54) is 0 Å². The fraction of sp³-hybridized carbons (Fsp3) is 0.571. The highest BCUT2D eigenvalue weighted by Crippen LogP contribution is 2.03. The molecule has 0 aromatic carbocycles. The van der Waals surface area contributed by atoms with Gasteiger partial charge >= 0.3 is 0 Å². The van der Waals surface area contributed by atoms with Gasteiger partial charge in [0.25, 0.3) is 0 Å². The van der Waals surface area contributed by atoms with E-state index in [4.69, 9.17) is 15.2 Å². The zero-order valence-corrected chi connectivity index (χ0v) is 6.54. The van der Waals surface area contributed by atoms with E-state index in [0.29, 0.717) is 25.6 Å². The highest BCUT2D eigenvalue weighted by molar-refractivity contribution is 5.77. The van der Waals surface area contributed by atoms with Gasteiger partial charge in [-0.2, -0.15) is 0 Å². The molecule has 0 aromatic heterocycles. The van der Waals surface area contributed by atoms with Crippen LogP contribution in [0.25, 0.3) is 0 Å². The molecule has 0 amide bonds. The summed E-state index contributed by atoms with van der Waals surface area (Å²) in [5, 5.41) is 0. The van der Waals surface area contributed by atoms with Gasteiger partial charge in [-0.15, -0.1) is 0 Å². The van der Waals surface area contributed by atoms with Crippen LogP contribution in [-0.4, -0.2) is 25.6 Å². The van der Waals surface area contributed by atoms with Crippen molar-refractivity contribution in [3.63, 3.8) is 0 Å². The normalized spacial score (nSPS) is 18.3. The van der Waals surface area contributed by atoms with Crippen molar-refractivity contribution in [2.45, 2.75) is 6.92 Å². The minimum Gasteiger partial charge on any atom is -0.494 e. The molecular formula is C7H12N2O2. The summed E-state index contributed by atoms with van der Waals surface area (Å²) in [5.41, 5.74) is 5.34. The van der Waals surface area contributed by atoms with E-state index in [1.807, 2.05) is 0 Å². The van der Waals surface area contributed by atoms with Crippen LogP contribution in [0.2, 0.25) is 0 Å². The Labute approximate surface area is 65.7 Å². The molecular weight excluding hydrogens is 144 g/mol. The molecule has 0 saturated carbocycles. The largest absolute Gasteiger partial charge is 0.494 e. The Morgan fingerprint density at radius 3 is 3.09 bits per heavy atom. The summed E-state index contributed by atoms with van der Waals surface area (Å²) in [7, 11) is 0. The van der Waals surface area contributed by atoms with Crippen molar-refractivity contribution in [3.8, 4) is 0 Å². The number of amidine groups is 1. The molecule has 0 saturated heterocycles. The van der Waals surface area contributed by atoms with Crippen LogP contribution in [-0.2, 0) is 9.47 Å². The Bertz CT molecular complexity index is 183. The monoisotopic (exact) mass is 156 g/mol. The van der Waals surface area contributed by atoms with Gasteiger partial charge in [0, 0.05) is 0 Å². The van der Waals surface area contributed by atoms with Crippen LogP contribution < -0.4 is 5.73 Å². The van der Waals surface area contributed by atoms with E-state index in [2.05, 4.69) is 4.99 Å². The Balaban J connectivity index is 2.36. The van der Waals surface area contributed by atoms with Crippen molar-refractivity contribution >= 4 is 5.84 Å². The number of nitrogens with zero attached hydrogens (tertiary/aromatic N) is 1. The lowest BCUT2D eigenvalue weighted by Gasteiger charge is -2.13. The van der Waals surface area contributed by atoms with E-state index >= 15 is 0 Å². The van der Waals surface area contributed by atoms with Crippen LogP contribution in [0.5, 0.6) is 0 Å². The van der Waals surface area contributed by atoms with Gasteiger partial charge in [-0.05, 0) is 6.92 Å². The van der Waals surface area contributed by atoms with Gasteiger partial charge in [0.05, 0.1) is 5.84 Å². The van der Waals surface area contributed by atoms with Crippen molar-refractivity contribution in [2.75, 3.05) is 19.8 Å². The third-order valence-corrected chi connectivity index (χ3v) is 1.19. The minimum atomic E-state index is 0.475. The maximum absolute atomic E-state index is 5.34. The Morgan fingerprint density at radius 2 is 2.55 bits per heavy atom. The molecule has 0 aliphatic carbocycles. The van der Waals surface area contributed by atoms with Gasteiger partial charge in [-0.3, -0.25) is 4.99 Å². The number of hydrogen-bond acceptors (Lipinski definition) is 3. The summed E-state index contributed by atoms with van der Waals surface area (Å²) >= 11 is 0. The molecule has 1 heterocycles. The Hall–Kier alpha value is -1.19. The number of hydrogen-bond donors (Lipinski definition) is 1. The van der Waals surface area contributed by atoms with Crippen LogP contribution in [0.1, 0.15) is 6.92 Å². The third-order valence-electron chi connectivity index (χ3n) is 1.19. The van der Waals surface area contributed by atoms with Gasteiger partial charge in [-0.1, -0.05) is 0 Å². The molecule has 2 N–H and O–H groups in total. The summed E-state index contributed by atoms with van der Waals surface area (Å²) in [6.07, 6.45) is 1.58. The fourth-order valence-corrected chi connectivity index (χ4v) is 0.692. The van der Waals surface area contributed by atoms with Crippen molar-refractivity contribution in [2.24, 2.45) is 10.7 Å². The number of ether oxygens (including phenoxy) is 2. The molecule has 0 bridgehead atoms.